The molecule has 0 aliphatic carbocycles. The van der Waals surface area contributed by atoms with Crippen molar-refractivity contribution in [1.82, 2.24) is 9.47 Å². The van der Waals surface area contributed by atoms with Gasteiger partial charge in [0.25, 0.3) is 5.56 Å². The lowest BCUT2D eigenvalue weighted by molar-refractivity contribution is 0.0595. The summed E-state index contributed by atoms with van der Waals surface area (Å²) in [4.78, 5) is 38.6. The van der Waals surface area contributed by atoms with E-state index in [4.69, 9.17) is 4.74 Å². The molecule has 0 bridgehead atoms. The molecule has 1 aromatic heterocycles. The lowest BCUT2D eigenvalue weighted by Crippen LogP contribution is -2.35. The van der Waals surface area contributed by atoms with Crippen molar-refractivity contribution in [2.75, 3.05) is 27.2 Å². The standard InChI is InChI=1S/C16H22N2O4/c1-10(19)14-13(16(21)22-4)9-12(15(20)18(14)3)11-5-7-17(2)8-6-11/h9,11H,5-8H2,1-4H3. The van der Waals surface area contributed by atoms with E-state index in [-0.39, 0.29) is 28.5 Å². The van der Waals surface area contributed by atoms with E-state index >= 15 is 0 Å². The van der Waals surface area contributed by atoms with Gasteiger partial charge in [0.15, 0.2) is 5.78 Å². The zero-order valence-corrected chi connectivity index (χ0v) is 13.5. The molecule has 120 valence electrons. The molecule has 1 saturated heterocycles. The van der Waals surface area contributed by atoms with Gasteiger partial charge in [-0.25, -0.2) is 4.79 Å². The Kier molecular flexibility index (Phi) is 4.81. The molecule has 22 heavy (non-hydrogen) atoms. The molecule has 1 aliphatic rings. The highest BCUT2D eigenvalue weighted by Gasteiger charge is 2.26. The highest BCUT2D eigenvalue weighted by Crippen LogP contribution is 2.26. The minimum absolute atomic E-state index is 0.105. The number of piperidine rings is 1. The molecule has 0 amide bonds. The van der Waals surface area contributed by atoms with Crippen molar-refractivity contribution in [3.8, 4) is 0 Å². The molecule has 0 atom stereocenters. The van der Waals surface area contributed by atoms with Crippen molar-refractivity contribution in [2.24, 2.45) is 7.05 Å². The number of hydrogen-bond acceptors (Lipinski definition) is 5. The summed E-state index contributed by atoms with van der Waals surface area (Å²) in [5.74, 6) is -0.802. The number of aromatic nitrogens is 1. The summed E-state index contributed by atoms with van der Waals surface area (Å²) < 4.78 is 6.05. The van der Waals surface area contributed by atoms with Gasteiger partial charge in [-0.05, 0) is 45.0 Å². The van der Waals surface area contributed by atoms with E-state index in [1.165, 1.54) is 25.6 Å². The van der Waals surface area contributed by atoms with Crippen LogP contribution < -0.4 is 5.56 Å². The molecule has 1 aromatic rings. The van der Waals surface area contributed by atoms with Crippen molar-refractivity contribution in [3.63, 3.8) is 0 Å². The third kappa shape index (κ3) is 2.97. The van der Waals surface area contributed by atoms with Crippen LogP contribution >= 0.6 is 0 Å². The van der Waals surface area contributed by atoms with E-state index in [1.54, 1.807) is 6.07 Å². The zero-order chi connectivity index (χ0) is 16.4. The number of nitrogens with zero attached hydrogens (tertiary/aromatic N) is 2. The molecule has 2 heterocycles. The Morgan fingerprint density at radius 1 is 1.23 bits per heavy atom. The number of ether oxygens (including phenoxy) is 1. The molecule has 2 rings (SSSR count). The van der Waals surface area contributed by atoms with Crippen molar-refractivity contribution >= 4 is 11.8 Å². The van der Waals surface area contributed by atoms with E-state index < -0.39 is 5.97 Å². The average molecular weight is 306 g/mol. The Labute approximate surface area is 129 Å². The first-order valence-corrected chi connectivity index (χ1v) is 7.38. The Balaban J connectivity index is 2.57. The molecule has 0 N–H and O–H groups in total. The highest BCUT2D eigenvalue weighted by atomic mass is 16.5. The molecular formula is C16H22N2O4. The lowest BCUT2D eigenvalue weighted by atomic mass is 9.89. The van der Waals surface area contributed by atoms with Crippen LogP contribution in [0.4, 0.5) is 0 Å². The first kappa shape index (κ1) is 16.4. The monoisotopic (exact) mass is 306 g/mol. The van der Waals surface area contributed by atoms with Gasteiger partial charge in [-0.2, -0.15) is 0 Å². The molecule has 1 aliphatic heterocycles. The Hall–Kier alpha value is -1.95. The predicted molar refractivity (Wildman–Crippen MR) is 82.5 cm³/mol. The molecule has 1 fully saturated rings. The number of carbonyl (C=O) groups excluding carboxylic acids is 2. The molecule has 0 aromatic carbocycles. The van der Waals surface area contributed by atoms with Crippen LogP contribution in [0.5, 0.6) is 0 Å². The van der Waals surface area contributed by atoms with Gasteiger partial charge in [-0.15, -0.1) is 0 Å². The van der Waals surface area contributed by atoms with Crippen LogP contribution in [-0.2, 0) is 11.8 Å². The fourth-order valence-corrected chi connectivity index (χ4v) is 3.06. The van der Waals surface area contributed by atoms with Gasteiger partial charge < -0.3 is 14.2 Å². The largest absolute Gasteiger partial charge is 0.465 e. The second-order valence-electron chi connectivity index (χ2n) is 5.85. The summed E-state index contributed by atoms with van der Waals surface area (Å²) in [5.41, 5.74) is 0.674. The number of Topliss-reactive ketones (excluding diaryl/α,β-unsaturated/α-hetero) is 1. The number of likely N-dealkylation sites (tertiary alicyclic amines) is 1. The van der Waals surface area contributed by atoms with Crippen LogP contribution in [0, 0.1) is 0 Å². The second-order valence-corrected chi connectivity index (χ2v) is 5.85. The average Bonchev–Trinajstić information content (AvgIpc) is 2.49. The molecule has 0 unspecified atom stereocenters. The minimum atomic E-state index is -0.588. The normalized spacial score (nSPS) is 16.5. The fourth-order valence-electron chi connectivity index (χ4n) is 3.06. The van der Waals surface area contributed by atoms with E-state index in [0.717, 1.165) is 25.9 Å². The maximum Gasteiger partial charge on any atom is 0.340 e. The number of rotatable bonds is 3. The number of methoxy groups -OCH3 is 1. The van der Waals surface area contributed by atoms with Gasteiger partial charge in [0.1, 0.15) is 5.69 Å². The molecule has 0 spiro atoms. The first-order valence-electron chi connectivity index (χ1n) is 7.38. The van der Waals surface area contributed by atoms with Crippen molar-refractivity contribution in [1.29, 1.82) is 0 Å². The van der Waals surface area contributed by atoms with E-state index in [1.807, 2.05) is 7.05 Å². The van der Waals surface area contributed by atoms with Crippen molar-refractivity contribution in [2.45, 2.75) is 25.7 Å². The van der Waals surface area contributed by atoms with Crippen LogP contribution in [0.2, 0.25) is 0 Å². The zero-order valence-electron chi connectivity index (χ0n) is 13.5. The quantitative estimate of drug-likeness (QED) is 0.619. The Morgan fingerprint density at radius 2 is 1.82 bits per heavy atom. The smallest absolute Gasteiger partial charge is 0.340 e. The van der Waals surface area contributed by atoms with E-state index in [9.17, 15) is 14.4 Å². The van der Waals surface area contributed by atoms with Gasteiger partial charge in [0.05, 0.1) is 12.7 Å². The lowest BCUT2D eigenvalue weighted by Gasteiger charge is -2.29. The van der Waals surface area contributed by atoms with E-state index in [0.29, 0.717) is 5.56 Å². The van der Waals surface area contributed by atoms with Gasteiger partial charge in [0, 0.05) is 19.5 Å². The van der Waals surface area contributed by atoms with Crippen LogP contribution in [0.1, 0.15) is 52.1 Å². The van der Waals surface area contributed by atoms with Crippen LogP contribution in [-0.4, -0.2) is 48.5 Å². The van der Waals surface area contributed by atoms with E-state index in [2.05, 4.69) is 4.90 Å². The summed E-state index contributed by atoms with van der Waals surface area (Å²) in [5, 5.41) is 0. The second kappa shape index (κ2) is 6.44. The van der Waals surface area contributed by atoms with Crippen LogP contribution in [0.15, 0.2) is 10.9 Å². The molecular weight excluding hydrogens is 284 g/mol. The maximum absolute atomic E-state index is 12.6. The van der Waals surface area contributed by atoms with Gasteiger partial charge in [0.2, 0.25) is 0 Å². The maximum atomic E-state index is 12.6. The third-order valence-corrected chi connectivity index (χ3v) is 4.34. The summed E-state index contributed by atoms with van der Waals surface area (Å²) in [6, 6.07) is 1.56. The topological polar surface area (TPSA) is 68.6 Å². The summed E-state index contributed by atoms with van der Waals surface area (Å²) in [6.07, 6.45) is 1.73. The number of pyridine rings is 1. The SMILES string of the molecule is COC(=O)c1cc(C2CCN(C)CC2)c(=O)n(C)c1C(C)=O. The Morgan fingerprint density at radius 3 is 2.32 bits per heavy atom. The number of esters is 1. The number of carbonyl (C=O) groups is 2. The van der Waals surface area contributed by atoms with Crippen LogP contribution in [0.25, 0.3) is 0 Å². The number of hydrogen-bond donors (Lipinski definition) is 0. The van der Waals surface area contributed by atoms with Gasteiger partial charge in [-0.3, -0.25) is 9.59 Å². The minimum Gasteiger partial charge on any atom is -0.465 e. The fraction of sp³-hybridized carbons (Fsp3) is 0.562. The first-order chi connectivity index (χ1) is 10.4. The highest BCUT2D eigenvalue weighted by molar-refractivity contribution is 6.04. The molecule has 0 radical (unpaired) electrons. The number of ketones is 1. The summed E-state index contributed by atoms with van der Waals surface area (Å²) >= 11 is 0. The Bertz CT molecular complexity index is 655. The van der Waals surface area contributed by atoms with Crippen LogP contribution in [0.3, 0.4) is 0 Å². The molecule has 0 saturated carbocycles. The van der Waals surface area contributed by atoms with Gasteiger partial charge >= 0.3 is 5.97 Å². The van der Waals surface area contributed by atoms with Gasteiger partial charge in [-0.1, -0.05) is 0 Å². The predicted octanol–water partition coefficient (Wildman–Crippen LogP) is 1.18. The molecule has 6 heteroatoms. The third-order valence-electron chi connectivity index (χ3n) is 4.34. The summed E-state index contributed by atoms with van der Waals surface area (Å²) in [7, 11) is 4.85. The van der Waals surface area contributed by atoms with Crippen molar-refractivity contribution < 1.29 is 14.3 Å². The van der Waals surface area contributed by atoms with Crippen molar-refractivity contribution in [3.05, 3.63) is 33.2 Å². The summed E-state index contributed by atoms with van der Waals surface area (Å²) in [6.45, 7) is 3.17. The molecule has 6 nitrogen and oxygen atoms in total.